The molecule has 2 N–H and O–H groups in total. The average Bonchev–Trinajstić information content (AvgIpc) is 3.65. The van der Waals surface area contributed by atoms with E-state index in [0.717, 1.165) is 60.3 Å². The first-order valence-electron chi connectivity index (χ1n) is 15.4. The highest BCUT2D eigenvalue weighted by Gasteiger charge is 2.46. The Hall–Kier alpha value is -4.14. The third kappa shape index (κ3) is 6.31. The topological polar surface area (TPSA) is 106 Å². The minimum atomic E-state index is -0.600. The summed E-state index contributed by atoms with van der Waals surface area (Å²) in [6, 6.07) is 18.1. The van der Waals surface area contributed by atoms with Crippen molar-refractivity contribution in [2.24, 2.45) is 5.92 Å². The lowest BCUT2D eigenvalue weighted by atomic mass is 9.85. The van der Waals surface area contributed by atoms with Gasteiger partial charge < -0.3 is 15.0 Å². The second kappa shape index (κ2) is 11.5. The number of nitrogens with one attached hydrogen (secondary N) is 2. The minimum Gasteiger partial charge on any atom is -0.452 e. The van der Waals surface area contributed by atoms with Crippen LogP contribution in [0, 0.1) is 12.8 Å². The largest absolute Gasteiger partial charge is 0.452 e. The fourth-order valence-corrected chi connectivity index (χ4v) is 6.79. The number of esters is 1. The highest BCUT2D eigenvalue weighted by atomic mass is 16.6. The number of ether oxygens (including phenoxy) is 1. The van der Waals surface area contributed by atoms with Crippen LogP contribution in [0.3, 0.4) is 0 Å². The van der Waals surface area contributed by atoms with Crippen molar-refractivity contribution in [3.63, 3.8) is 0 Å². The molecule has 43 heavy (non-hydrogen) atoms. The molecule has 4 heterocycles. The van der Waals surface area contributed by atoms with Crippen LogP contribution in [0.4, 0.5) is 16.3 Å². The molecular formula is C34H41N5O4. The molecule has 3 aliphatic heterocycles. The number of urea groups is 1. The van der Waals surface area contributed by atoms with Gasteiger partial charge in [-0.2, -0.15) is 5.10 Å². The molecule has 9 nitrogen and oxygen atoms in total. The smallest absolute Gasteiger partial charge is 0.324 e. The van der Waals surface area contributed by atoms with E-state index in [1.807, 2.05) is 60.4 Å². The summed E-state index contributed by atoms with van der Waals surface area (Å²) in [4.78, 5) is 39.9. The third-order valence-corrected chi connectivity index (χ3v) is 8.95. The van der Waals surface area contributed by atoms with Crippen LogP contribution in [0.25, 0.3) is 5.69 Å². The second-order valence-electron chi connectivity index (χ2n) is 13.4. The summed E-state index contributed by atoms with van der Waals surface area (Å²) in [7, 11) is 0. The second-order valence-corrected chi connectivity index (χ2v) is 13.4. The average molecular weight is 584 g/mol. The van der Waals surface area contributed by atoms with Gasteiger partial charge in [-0.15, -0.1) is 0 Å². The van der Waals surface area contributed by atoms with Crippen LogP contribution in [-0.4, -0.2) is 50.8 Å². The maximum Gasteiger partial charge on any atom is 0.324 e. The maximum atomic E-state index is 13.2. The Morgan fingerprint density at radius 2 is 1.70 bits per heavy atom. The van der Waals surface area contributed by atoms with E-state index in [2.05, 4.69) is 37.5 Å². The SMILES string of the molecule is Cc1ccc(-n2nc(C(C)(C)C)cc2NC(=O)Nc2cccc(CC3CC4CCC(C3)N4C(=O)C3CCC(=O)O3)c2)cc1. The van der Waals surface area contributed by atoms with Crippen molar-refractivity contribution in [1.82, 2.24) is 14.7 Å². The minimum absolute atomic E-state index is 0.00708. The summed E-state index contributed by atoms with van der Waals surface area (Å²) in [5, 5.41) is 10.8. The van der Waals surface area contributed by atoms with E-state index in [4.69, 9.17) is 9.84 Å². The van der Waals surface area contributed by atoms with Gasteiger partial charge in [-0.25, -0.2) is 9.48 Å². The first kappa shape index (κ1) is 29.0. The summed E-state index contributed by atoms with van der Waals surface area (Å²) in [5.41, 5.74) is 4.63. The number of hydrogen-bond acceptors (Lipinski definition) is 5. The molecule has 6 rings (SSSR count). The molecule has 0 spiro atoms. The fourth-order valence-electron chi connectivity index (χ4n) is 6.79. The first-order chi connectivity index (χ1) is 20.5. The van der Waals surface area contributed by atoms with E-state index >= 15 is 0 Å². The van der Waals surface area contributed by atoms with Crippen molar-refractivity contribution < 1.29 is 19.1 Å². The molecule has 3 unspecified atom stereocenters. The van der Waals surface area contributed by atoms with Crippen LogP contribution in [0.1, 0.15) is 76.1 Å². The number of cyclic esters (lactones) is 1. The molecular weight excluding hydrogens is 542 g/mol. The molecule has 0 saturated carbocycles. The number of aryl methyl sites for hydroxylation is 1. The zero-order chi connectivity index (χ0) is 30.3. The number of benzene rings is 2. The number of amides is 3. The predicted octanol–water partition coefficient (Wildman–Crippen LogP) is 6.14. The monoisotopic (exact) mass is 583 g/mol. The van der Waals surface area contributed by atoms with Crippen molar-refractivity contribution in [2.45, 2.75) is 96.2 Å². The van der Waals surface area contributed by atoms with Gasteiger partial charge >= 0.3 is 12.0 Å². The summed E-state index contributed by atoms with van der Waals surface area (Å²) >= 11 is 0. The molecule has 3 saturated heterocycles. The molecule has 0 radical (unpaired) electrons. The van der Waals surface area contributed by atoms with Crippen LogP contribution in [0.2, 0.25) is 0 Å². The molecule has 2 bridgehead atoms. The lowest BCUT2D eigenvalue weighted by Crippen LogP contribution is -2.50. The van der Waals surface area contributed by atoms with Crippen molar-refractivity contribution in [3.05, 3.63) is 71.4 Å². The van der Waals surface area contributed by atoms with E-state index in [0.29, 0.717) is 24.6 Å². The Bertz CT molecular complexity index is 1510. The Morgan fingerprint density at radius 1 is 0.977 bits per heavy atom. The number of aromatic nitrogens is 2. The number of fused-ring (bicyclic) bond motifs is 2. The van der Waals surface area contributed by atoms with Crippen LogP contribution in [-0.2, 0) is 26.2 Å². The zero-order valence-electron chi connectivity index (χ0n) is 25.4. The Balaban J connectivity index is 1.10. The molecule has 3 atom stereocenters. The van der Waals surface area contributed by atoms with Gasteiger partial charge in [-0.1, -0.05) is 50.6 Å². The van der Waals surface area contributed by atoms with Crippen LogP contribution in [0.5, 0.6) is 0 Å². The van der Waals surface area contributed by atoms with Crippen LogP contribution < -0.4 is 10.6 Å². The van der Waals surface area contributed by atoms with Gasteiger partial charge in [-0.05, 0) is 74.8 Å². The first-order valence-corrected chi connectivity index (χ1v) is 15.4. The number of piperidine rings is 1. The molecule has 226 valence electrons. The fraction of sp³-hybridized carbons (Fsp3) is 0.471. The van der Waals surface area contributed by atoms with Crippen LogP contribution in [0.15, 0.2) is 54.6 Å². The molecule has 0 aliphatic carbocycles. The van der Waals surface area contributed by atoms with E-state index < -0.39 is 6.10 Å². The molecule has 3 aromatic rings. The maximum absolute atomic E-state index is 13.2. The van der Waals surface area contributed by atoms with Crippen LogP contribution >= 0.6 is 0 Å². The normalized spacial score (nSPS) is 23.3. The van der Waals surface area contributed by atoms with Gasteiger partial charge in [0.2, 0.25) is 0 Å². The standard InChI is InChI=1S/C34H41N5O4/c1-21-8-10-25(11-9-21)39-30(20-29(37-39)34(2,3)4)36-33(42)35-24-7-5-6-22(17-24)16-23-18-26-12-13-27(19-23)38(26)32(41)28-14-15-31(40)43-28/h5-11,17,20,23,26-28H,12-16,18-19H2,1-4H3,(H2,35,36,42). The predicted molar refractivity (Wildman–Crippen MR) is 165 cm³/mol. The molecule has 3 fully saturated rings. The van der Waals surface area contributed by atoms with Gasteiger partial charge in [0.05, 0.1) is 11.4 Å². The zero-order valence-corrected chi connectivity index (χ0v) is 25.4. The summed E-state index contributed by atoms with van der Waals surface area (Å²) in [6.45, 7) is 8.34. The van der Waals surface area contributed by atoms with Crippen molar-refractivity contribution in [3.8, 4) is 5.69 Å². The summed E-state index contributed by atoms with van der Waals surface area (Å²) in [6.07, 6.45) is 5.02. The number of anilines is 2. The Morgan fingerprint density at radius 3 is 2.35 bits per heavy atom. The molecule has 9 heteroatoms. The van der Waals surface area contributed by atoms with Gasteiger partial charge in [0, 0.05) is 42.1 Å². The van der Waals surface area contributed by atoms with Crippen molar-refractivity contribution in [2.75, 3.05) is 10.6 Å². The lowest BCUT2D eigenvalue weighted by Gasteiger charge is -2.40. The van der Waals surface area contributed by atoms with E-state index in [9.17, 15) is 14.4 Å². The van der Waals surface area contributed by atoms with Crippen molar-refractivity contribution >= 4 is 29.4 Å². The molecule has 3 aliphatic rings. The van der Waals surface area contributed by atoms with Gasteiger partial charge in [-0.3, -0.25) is 14.9 Å². The number of hydrogen-bond donors (Lipinski definition) is 2. The molecule has 1 aromatic heterocycles. The van der Waals surface area contributed by atoms with Gasteiger partial charge in [0.25, 0.3) is 5.91 Å². The Labute approximate surface area is 253 Å². The third-order valence-electron chi connectivity index (χ3n) is 8.95. The van der Waals surface area contributed by atoms with E-state index in [1.54, 1.807) is 4.68 Å². The number of nitrogens with zero attached hydrogens (tertiary/aromatic N) is 3. The quantitative estimate of drug-likeness (QED) is 0.339. The number of carbonyl (C=O) groups is 3. The number of rotatable bonds is 6. The lowest BCUT2D eigenvalue weighted by molar-refractivity contribution is -0.156. The Kier molecular flexibility index (Phi) is 7.75. The summed E-state index contributed by atoms with van der Waals surface area (Å²) in [5.74, 6) is 0.782. The summed E-state index contributed by atoms with van der Waals surface area (Å²) < 4.78 is 7.06. The van der Waals surface area contributed by atoms with E-state index in [-0.39, 0.29) is 35.4 Å². The highest BCUT2D eigenvalue weighted by Crippen LogP contribution is 2.41. The number of carbonyl (C=O) groups excluding carboxylic acids is 3. The van der Waals surface area contributed by atoms with E-state index in [1.165, 1.54) is 0 Å². The van der Waals surface area contributed by atoms with Gasteiger partial charge in [0.1, 0.15) is 5.82 Å². The van der Waals surface area contributed by atoms with Crippen molar-refractivity contribution in [1.29, 1.82) is 0 Å². The molecule has 2 aromatic carbocycles. The van der Waals surface area contributed by atoms with Gasteiger partial charge in [0.15, 0.2) is 6.10 Å². The molecule has 3 amide bonds. The highest BCUT2D eigenvalue weighted by molar-refractivity contribution is 5.99.